The van der Waals surface area contributed by atoms with Gasteiger partial charge in [0.15, 0.2) is 16.7 Å². The molecule has 0 aromatic heterocycles. The molecule has 30 heavy (non-hydrogen) atoms. The fraction of sp³-hybridized carbons (Fsp3) is 0.190. The number of carbonyl (C=O) groups is 2. The van der Waals surface area contributed by atoms with Crippen LogP contribution >= 0.6 is 23.4 Å². The zero-order chi connectivity index (χ0) is 21.8. The number of amides is 1. The first kappa shape index (κ1) is 21.7. The molecule has 1 aliphatic heterocycles. The molecule has 1 fully saturated rings. The van der Waals surface area contributed by atoms with Crippen molar-refractivity contribution in [3.63, 3.8) is 0 Å². The Balaban J connectivity index is 1.89. The molecule has 3 rings (SSSR count). The molecule has 1 saturated heterocycles. The summed E-state index contributed by atoms with van der Waals surface area (Å²) in [5.74, 6) is 0.395. The van der Waals surface area contributed by atoms with Gasteiger partial charge in [-0.25, -0.2) is 9.79 Å². The summed E-state index contributed by atoms with van der Waals surface area (Å²) in [6, 6.07) is 9.96. The van der Waals surface area contributed by atoms with Crippen LogP contribution < -0.4 is 9.47 Å². The maximum atomic E-state index is 12.7. The molecule has 9 heteroatoms. The highest BCUT2D eigenvalue weighted by atomic mass is 35.5. The maximum Gasteiger partial charge on any atom is 0.337 e. The highest BCUT2D eigenvalue weighted by molar-refractivity contribution is 8.18. The molecule has 0 N–H and O–H groups in total. The predicted molar refractivity (Wildman–Crippen MR) is 118 cm³/mol. The van der Waals surface area contributed by atoms with Crippen molar-refractivity contribution in [1.82, 2.24) is 4.90 Å². The van der Waals surface area contributed by atoms with Crippen LogP contribution in [0.3, 0.4) is 0 Å². The molecule has 0 radical (unpaired) electrons. The number of carbonyl (C=O) groups excluding carboxylic acids is 2. The second-order valence-electron chi connectivity index (χ2n) is 6.14. The molecule has 0 unspecified atom stereocenters. The Labute approximate surface area is 183 Å². The first-order valence-corrected chi connectivity index (χ1v) is 9.93. The molecule has 1 amide bonds. The summed E-state index contributed by atoms with van der Waals surface area (Å²) in [6.07, 6.45) is 1.69. The number of rotatable bonds is 5. The van der Waals surface area contributed by atoms with Gasteiger partial charge in [0.25, 0.3) is 5.91 Å². The van der Waals surface area contributed by atoms with E-state index < -0.39 is 5.97 Å². The van der Waals surface area contributed by atoms with Gasteiger partial charge in [0, 0.05) is 13.1 Å². The zero-order valence-corrected chi connectivity index (χ0v) is 18.3. The summed E-state index contributed by atoms with van der Waals surface area (Å²) in [4.78, 5) is 30.7. The summed E-state index contributed by atoms with van der Waals surface area (Å²) in [6.45, 7) is 0. The van der Waals surface area contributed by atoms with Gasteiger partial charge in [-0.15, -0.1) is 0 Å². The molecule has 0 bridgehead atoms. The summed E-state index contributed by atoms with van der Waals surface area (Å²) < 4.78 is 15.2. The molecule has 7 nitrogen and oxygen atoms in total. The monoisotopic (exact) mass is 446 g/mol. The Hall–Kier alpha value is -2.97. The number of nitrogens with zero attached hydrogens (tertiary/aromatic N) is 2. The standard InChI is InChI=1S/C21H19ClN2O5S/c1-24-19(25)18(10-13-9-16(27-2)17(28-3)11-15(13)22)30-21(24)23-14-7-5-12(6-8-14)20(26)29-4/h5-11H,1-4H3/b18-10+,23-21?. The van der Waals surface area contributed by atoms with E-state index in [1.807, 2.05) is 0 Å². The Morgan fingerprint density at radius 3 is 2.33 bits per heavy atom. The number of ether oxygens (including phenoxy) is 3. The molecule has 2 aromatic rings. The molecule has 0 saturated carbocycles. The lowest BCUT2D eigenvalue weighted by Gasteiger charge is -2.10. The number of hydrogen-bond donors (Lipinski definition) is 0. The van der Waals surface area contributed by atoms with Crippen molar-refractivity contribution in [2.45, 2.75) is 0 Å². The number of thioether (sulfide) groups is 1. The van der Waals surface area contributed by atoms with E-state index in [-0.39, 0.29) is 5.91 Å². The third-order valence-corrected chi connectivity index (χ3v) is 5.69. The Bertz CT molecular complexity index is 1050. The van der Waals surface area contributed by atoms with Gasteiger partial charge in [0.1, 0.15) is 0 Å². The van der Waals surface area contributed by atoms with E-state index >= 15 is 0 Å². The summed E-state index contributed by atoms with van der Waals surface area (Å²) in [5.41, 5.74) is 1.66. The molecule has 0 spiro atoms. The number of methoxy groups -OCH3 is 3. The Morgan fingerprint density at radius 1 is 1.10 bits per heavy atom. The quantitative estimate of drug-likeness (QED) is 0.501. The van der Waals surface area contributed by atoms with Gasteiger partial charge in [-0.3, -0.25) is 9.69 Å². The van der Waals surface area contributed by atoms with Gasteiger partial charge in [-0.05, 0) is 53.7 Å². The molecular formula is C21H19ClN2O5S. The minimum Gasteiger partial charge on any atom is -0.493 e. The van der Waals surface area contributed by atoms with Gasteiger partial charge in [-0.2, -0.15) is 0 Å². The highest BCUT2D eigenvalue weighted by Crippen LogP contribution is 2.38. The van der Waals surface area contributed by atoms with Crippen molar-refractivity contribution in [2.75, 3.05) is 28.4 Å². The molecule has 1 aliphatic rings. The average Bonchev–Trinajstić information content (AvgIpc) is 3.02. The number of hydrogen-bond acceptors (Lipinski definition) is 7. The van der Waals surface area contributed by atoms with Crippen molar-refractivity contribution in [1.29, 1.82) is 0 Å². The van der Waals surface area contributed by atoms with Crippen molar-refractivity contribution < 1.29 is 23.8 Å². The van der Waals surface area contributed by atoms with Crippen LogP contribution in [0, 0.1) is 0 Å². The van der Waals surface area contributed by atoms with Crippen LogP contribution in [0.1, 0.15) is 15.9 Å². The minimum atomic E-state index is -0.422. The summed E-state index contributed by atoms with van der Waals surface area (Å²) >= 11 is 7.56. The van der Waals surface area contributed by atoms with E-state index in [1.165, 1.54) is 38.0 Å². The lowest BCUT2D eigenvalue weighted by molar-refractivity contribution is -0.121. The molecule has 156 valence electrons. The SMILES string of the molecule is COC(=O)c1ccc(N=C2S/C(=C/c3cc(OC)c(OC)cc3Cl)C(=O)N2C)cc1. The molecule has 0 atom stereocenters. The van der Waals surface area contributed by atoms with Crippen LogP contribution in [-0.2, 0) is 9.53 Å². The molecule has 0 aliphatic carbocycles. The zero-order valence-electron chi connectivity index (χ0n) is 16.8. The van der Waals surface area contributed by atoms with Gasteiger partial charge >= 0.3 is 5.97 Å². The molecule has 2 aromatic carbocycles. The molecular weight excluding hydrogens is 428 g/mol. The fourth-order valence-electron chi connectivity index (χ4n) is 2.67. The van der Waals surface area contributed by atoms with Gasteiger partial charge in [0.05, 0.1) is 42.5 Å². The van der Waals surface area contributed by atoms with Gasteiger partial charge in [0.2, 0.25) is 0 Å². The lowest BCUT2D eigenvalue weighted by Crippen LogP contribution is -2.23. The highest BCUT2D eigenvalue weighted by Gasteiger charge is 2.30. The van der Waals surface area contributed by atoms with Crippen molar-refractivity contribution in [2.24, 2.45) is 4.99 Å². The van der Waals surface area contributed by atoms with Crippen LogP contribution in [0.15, 0.2) is 46.3 Å². The number of likely N-dealkylation sites (N-methyl/N-ethyl adjacent to an activating group) is 1. The normalized spacial score (nSPS) is 16.3. The predicted octanol–water partition coefficient (Wildman–Crippen LogP) is 4.38. The number of benzene rings is 2. The van der Waals surface area contributed by atoms with E-state index in [0.29, 0.717) is 43.4 Å². The first-order chi connectivity index (χ1) is 14.4. The number of amidine groups is 1. The smallest absolute Gasteiger partial charge is 0.337 e. The van der Waals surface area contributed by atoms with Crippen LogP contribution in [-0.4, -0.2) is 50.3 Å². The third kappa shape index (κ3) is 4.44. The van der Waals surface area contributed by atoms with Crippen LogP contribution in [0.2, 0.25) is 5.02 Å². The van der Waals surface area contributed by atoms with E-state index in [1.54, 1.807) is 49.5 Å². The second-order valence-corrected chi connectivity index (χ2v) is 7.55. The van der Waals surface area contributed by atoms with E-state index in [4.69, 9.17) is 21.1 Å². The summed E-state index contributed by atoms with van der Waals surface area (Å²) in [7, 11) is 6.03. The lowest BCUT2D eigenvalue weighted by atomic mass is 10.1. The summed E-state index contributed by atoms with van der Waals surface area (Å²) in [5, 5.41) is 0.939. The van der Waals surface area contributed by atoms with Crippen molar-refractivity contribution in [3.05, 3.63) is 57.5 Å². The number of halogens is 1. The van der Waals surface area contributed by atoms with Crippen LogP contribution in [0.25, 0.3) is 6.08 Å². The van der Waals surface area contributed by atoms with Crippen LogP contribution in [0.4, 0.5) is 5.69 Å². The van der Waals surface area contributed by atoms with E-state index in [0.717, 1.165) is 0 Å². The first-order valence-electron chi connectivity index (χ1n) is 8.74. The maximum absolute atomic E-state index is 12.7. The fourth-order valence-corrected chi connectivity index (χ4v) is 3.86. The third-order valence-electron chi connectivity index (χ3n) is 4.31. The van der Waals surface area contributed by atoms with E-state index in [9.17, 15) is 9.59 Å². The van der Waals surface area contributed by atoms with Crippen LogP contribution in [0.5, 0.6) is 11.5 Å². The number of aliphatic imine (C=N–C) groups is 1. The largest absolute Gasteiger partial charge is 0.493 e. The van der Waals surface area contributed by atoms with Crippen molar-refractivity contribution in [3.8, 4) is 11.5 Å². The average molecular weight is 447 g/mol. The Morgan fingerprint density at radius 2 is 1.73 bits per heavy atom. The Kier molecular flexibility index (Phi) is 6.69. The molecule has 1 heterocycles. The van der Waals surface area contributed by atoms with E-state index in [2.05, 4.69) is 9.73 Å². The van der Waals surface area contributed by atoms with Crippen molar-refractivity contribution >= 4 is 52.2 Å². The second kappa shape index (κ2) is 9.23. The van der Waals surface area contributed by atoms with Gasteiger partial charge < -0.3 is 14.2 Å². The number of esters is 1. The topological polar surface area (TPSA) is 77.4 Å². The minimum absolute atomic E-state index is 0.198. The van der Waals surface area contributed by atoms with Gasteiger partial charge in [-0.1, -0.05) is 11.6 Å².